The van der Waals surface area contributed by atoms with E-state index in [9.17, 15) is 0 Å². The fourth-order valence-corrected chi connectivity index (χ4v) is 14.8. The fourth-order valence-electron chi connectivity index (χ4n) is 14.8. The molecule has 2 heterocycles. The molecule has 2 aliphatic rings. The van der Waals surface area contributed by atoms with Crippen LogP contribution in [-0.2, 0) is 32.5 Å². The molecular formula is C90H91BN2. The highest BCUT2D eigenvalue weighted by Crippen LogP contribution is 2.53. The van der Waals surface area contributed by atoms with Crippen LogP contribution in [-0.4, -0.2) is 6.71 Å². The first kappa shape index (κ1) is 61.6. The van der Waals surface area contributed by atoms with Crippen molar-refractivity contribution in [2.24, 2.45) is 0 Å². The summed E-state index contributed by atoms with van der Waals surface area (Å²) in [7, 11) is 0. The summed E-state index contributed by atoms with van der Waals surface area (Å²) in [6.45, 7) is 42.0. The first-order valence-electron chi connectivity index (χ1n) is 33.9. The lowest BCUT2D eigenvalue weighted by Crippen LogP contribution is -2.61. The molecular weight excluding hydrogens is 1120 g/mol. The zero-order valence-corrected chi connectivity index (χ0v) is 58.3. The van der Waals surface area contributed by atoms with Gasteiger partial charge in [-0.2, -0.15) is 0 Å². The van der Waals surface area contributed by atoms with Crippen molar-refractivity contribution < 1.29 is 0 Å². The molecule has 0 amide bonds. The average Bonchev–Trinajstić information content (AvgIpc) is 0.694. The van der Waals surface area contributed by atoms with Gasteiger partial charge in [0.15, 0.2) is 0 Å². The summed E-state index contributed by atoms with van der Waals surface area (Å²) >= 11 is 0. The molecule has 0 saturated heterocycles. The van der Waals surface area contributed by atoms with Crippen LogP contribution in [0.3, 0.4) is 0 Å². The Bertz CT molecular complexity index is 4830. The van der Waals surface area contributed by atoms with Gasteiger partial charge in [0, 0.05) is 39.4 Å². The SMILES string of the molecule is CC(C)(C)c1ccc(-c2ccc3c(c2)B2c4cc(C(C)(C)C)ccc4N(c4c(-c5ccc(C(C)(C)C)cc5)cc(C(C)(C)C)cc4-c4ccc(C(C)(C)C)cc4)c4cccc(c42)N3c2ccc(C(C)(C)C)cc2-c2ccc3c4ccccc4c4ccccc4c3c2)cc1. The Morgan fingerprint density at radius 2 is 0.581 bits per heavy atom. The smallest absolute Gasteiger partial charge is 0.252 e. The van der Waals surface area contributed by atoms with Crippen molar-refractivity contribution in [3.05, 3.63) is 258 Å². The zero-order valence-electron chi connectivity index (χ0n) is 58.3. The molecule has 0 aliphatic carbocycles. The van der Waals surface area contributed by atoms with Gasteiger partial charge in [-0.05, 0) is 197 Å². The molecule has 0 radical (unpaired) electrons. The number of hydrogen-bond acceptors (Lipinski definition) is 2. The van der Waals surface area contributed by atoms with Gasteiger partial charge in [-0.15, -0.1) is 0 Å². The molecule has 2 aliphatic heterocycles. The second-order valence-electron chi connectivity index (χ2n) is 33.1. The highest BCUT2D eigenvalue weighted by atomic mass is 15.2. The van der Waals surface area contributed by atoms with E-state index in [2.05, 4.69) is 359 Å². The zero-order chi connectivity index (χ0) is 65.6. The molecule has 0 fully saturated rings. The van der Waals surface area contributed by atoms with Gasteiger partial charge in [0.2, 0.25) is 0 Å². The van der Waals surface area contributed by atoms with Gasteiger partial charge in [0.25, 0.3) is 6.71 Å². The molecule has 0 N–H and O–H groups in total. The number of nitrogens with zero attached hydrogens (tertiary/aromatic N) is 2. The third-order valence-corrected chi connectivity index (χ3v) is 20.4. The quantitative estimate of drug-likeness (QED) is 0.121. The van der Waals surface area contributed by atoms with E-state index in [1.165, 1.54) is 155 Å². The van der Waals surface area contributed by atoms with E-state index >= 15 is 0 Å². The molecule has 2 nitrogen and oxygen atoms in total. The lowest BCUT2D eigenvalue weighted by Gasteiger charge is -2.46. The predicted octanol–water partition coefficient (Wildman–Crippen LogP) is 23.7. The summed E-state index contributed by atoms with van der Waals surface area (Å²) in [6.07, 6.45) is 0. The van der Waals surface area contributed by atoms with E-state index in [0.717, 1.165) is 5.69 Å². The van der Waals surface area contributed by atoms with Gasteiger partial charge in [0.05, 0.1) is 11.4 Å². The van der Waals surface area contributed by atoms with Crippen LogP contribution in [0.15, 0.2) is 224 Å². The third kappa shape index (κ3) is 10.8. The largest absolute Gasteiger partial charge is 0.311 e. The molecule has 464 valence electrons. The minimum absolute atomic E-state index is 0.00826. The Hall–Kier alpha value is -8.92. The van der Waals surface area contributed by atoms with Crippen LogP contribution in [0.4, 0.5) is 34.1 Å². The van der Waals surface area contributed by atoms with Gasteiger partial charge in [-0.1, -0.05) is 294 Å². The van der Waals surface area contributed by atoms with Crippen LogP contribution in [0, 0.1) is 0 Å². The van der Waals surface area contributed by atoms with Gasteiger partial charge < -0.3 is 9.80 Å². The van der Waals surface area contributed by atoms with Gasteiger partial charge >= 0.3 is 0 Å². The van der Waals surface area contributed by atoms with Crippen molar-refractivity contribution in [2.75, 3.05) is 9.80 Å². The Balaban J connectivity index is 1.10. The van der Waals surface area contributed by atoms with E-state index in [1.54, 1.807) is 0 Å². The lowest BCUT2D eigenvalue weighted by molar-refractivity contribution is 0.590. The summed E-state index contributed by atoms with van der Waals surface area (Å²) in [4.78, 5) is 5.35. The molecule has 93 heavy (non-hydrogen) atoms. The number of fused-ring (bicyclic) bond motifs is 10. The third-order valence-electron chi connectivity index (χ3n) is 20.4. The van der Waals surface area contributed by atoms with Crippen LogP contribution in [0.25, 0.3) is 76.8 Å². The molecule has 12 aromatic carbocycles. The molecule has 0 saturated carbocycles. The van der Waals surface area contributed by atoms with Crippen LogP contribution in [0.1, 0.15) is 158 Å². The Kier molecular flexibility index (Phi) is 14.5. The summed E-state index contributed by atoms with van der Waals surface area (Å²) in [5.41, 5.74) is 28.1. The topological polar surface area (TPSA) is 6.48 Å². The fraction of sp³-hybridized carbons (Fsp3) is 0.267. The van der Waals surface area contributed by atoms with Gasteiger partial charge in [-0.3, -0.25) is 0 Å². The summed E-state index contributed by atoms with van der Waals surface area (Å²) in [6, 6.07) is 88.1. The molecule has 0 atom stereocenters. The molecule has 14 rings (SSSR count). The summed E-state index contributed by atoms with van der Waals surface area (Å²) < 4.78 is 0. The van der Waals surface area contributed by atoms with Gasteiger partial charge in [-0.25, -0.2) is 0 Å². The van der Waals surface area contributed by atoms with Crippen LogP contribution >= 0.6 is 0 Å². The van der Waals surface area contributed by atoms with E-state index in [1.807, 2.05) is 0 Å². The number of benzene rings is 12. The summed E-state index contributed by atoms with van der Waals surface area (Å²) in [5, 5.41) is 7.64. The first-order chi connectivity index (χ1) is 43.9. The number of rotatable bonds is 6. The van der Waals surface area contributed by atoms with Crippen molar-refractivity contribution in [1.82, 2.24) is 0 Å². The number of hydrogen-bond donors (Lipinski definition) is 0. The predicted molar refractivity (Wildman–Crippen MR) is 407 cm³/mol. The maximum absolute atomic E-state index is 2.70. The van der Waals surface area contributed by atoms with E-state index < -0.39 is 0 Å². The normalized spacial score (nSPS) is 13.6. The minimum Gasteiger partial charge on any atom is -0.311 e. The van der Waals surface area contributed by atoms with Crippen molar-refractivity contribution in [1.29, 1.82) is 0 Å². The van der Waals surface area contributed by atoms with Crippen molar-refractivity contribution in [3.63, 3.8) is 0 Å². The van der Waals surface area contributed by atoms with E-state index in [0.29, 0.717) is 0 Å². The average molecular weight is 1210 g/mol. The van der Waals surface area contributed by atoms with Gasteiger partial charge in [0.1, 0.15) is 0 Å². The monoisotopic (exact) mass is 1210 g/mol. The Morgan fingerprint density at radius 3 is 1.06 bits per heavy atom. The second-order valence-corrected chi connectivity index (χ2v) is 33.1. The maximum atomic E-state index is 2.70. The molecule has 0 unspecified atom stereocenters. The maximum Gasteiger partial charge on any atom is 0.252 e. The van der Waals surface area contributed by atoms with Crippen molar-refractivity contribution in [3.8, 4) is 44.5 Å². The number of anilines is 6. The van der Waals surface area contributed by atoms with Crippen molar-refractivity contribution >= 4 is 89.5 Å². The van der Waals surface area contributed by atoms with E-state index in [4.69, 9.17) is 0 Å². The molecule has 12 aromatic rings. The molecule has 0 aromatic heterocycles. The van der Waals surface area contributed by atoms with Crippen molar-refractivity contribution in [2.45, 2.75) is 157 Å². The molecule has 0 bridgehead atoms. The molecule has 0 spiro atoms. The van der Waals surface area contributed by atoms with Crippen LogP contribution in [0.5, 0.6) is 0 Å². The lowest BCUT2D eigenvalue weighted by atomic mass is 9.33. The Labute approximate surface area is 555 Å². The molecule has 3 heteroatoms. The Morgan fingerprint density at radius 1 is 0.226 bits per heavy atom. The highest BCUT2D eigenvalue weighted by Gasteiger charge is 2.45. The summed E-state index contributed by atoms with van der Waals surface area (Å²) in [5.74, 6) is 0. The minimum atomic E-state index is -0.154. The second kappa shape index (κ2) is 21.8. The highest BCUT2D eigenvalue weighted by molar-refractivity contribution is 7.00. The first-order valence-corrected chi connectivity index (χ1v) is 33.9. The van der Waals surface area contributed by atoms with Crippen LogP contribution in [0.2, 0.25) is 0 Å². The standard InChI is InChI=1S/C90H91BN2/c1-85(2,3)61-38-30-56(31-39-61)59-37-47-79-76(51-59)91-77-55-65(89(13,14)15)45-49-80(77)93(84-73(57-32-40-62(41-33-57)86(4,5)6)53-66(90(16,17)18)54-74(84)58-34-42-63(43-35-58)87(7,8)9)82-29-23-28-81(83(82)91)92(79)78-48-44-64(88(10,11)12)52-72(78)60-36-46-71-69-26-20-19-24-67(69)68-25-21-22-27-70(68)75(71)50-60/h19-55H,1-18H3. The van der Waals surface area contributed by atoms with E-state index in [-0.39, 0.29) is 39.2 Å². The van der Waals surface area contributed by atoms with Crippen LogP contribution < -0.4 is 26.2 Å².